The van der Waals surface area contributed by atoms with Gasteiger partial charge in [0.05, 0.1) is 0 Å². The standard InChI is InChI=1S/C12H21NO2S/c1-2-16(15)9-12(14)13(11-7-8-11)10-5-3-4-6-10/h10-11H,2-9H2,1H3/t16-/m1/s1. The Morgan fingerprint density at radius 2 is 1.75 bits per heavy atom. The second-order valence-electron chi connectivity index (χ2n) is 4.84. The monoisotopic (exact) mass is 243 g/mol. The maximum Gasteiger partial charge on any atom is 0.235 e. The Bertz CT molecular complexity index is 283. The third kappa shape index (κ3) is 2.84. The largest absolute Gasteiger partial charge is 0.336 e. The molecule has 0 N–H and O–H groups in total. The van der Waals surface area contributed by atoms with Gasteiger partial charge in [-0.2, -0.15) is 0 Å². The third-order valence-corrected chi connectivity index (χ3v) is 4.77. The van der Waals surface area contributed by atoms with Gasteiger partial charge in [0.25, 0.3) is 0 Å². The molecule has 0 heterocycles. The first-order valence-corrected chi connectivity index (χ1v) is 7.87. The highest BCUT2D eigenvalue weighted by Crippen LogP contribution is 2.34. The Labute approximate surface area is 100 Å². The molecule has 2 rings (SSSR count). The van der Waals surface area contributed by atoms with Crippen LogP contribution in [0.25, 0.3) is 0 Å². The van der Waals surface area contributed by atoms with Crippen molar-refractivity contribution in [3.05, 3.63) is 0 Å². The summed E-state index contributed by atoms with van der Waals surface area (Å²) in [5.41, 5.74) is 0. The Morgan fingerprint density at radius 3 is 2.25 bits per heavy atom. The van der Waals surface area contributed by atoms with Crippen molar-refractivity contribution >= 4 is 16.7 Å². The number of carbonyl (C=O) groups excluding carboxylic acids is 1. The SMILES string of the molecule is CC[S@@](=O)CC(=O)N(C1CCCC1)C1CC1. The van der Waals surface area contributed by atoms with Crippen molar-refractivity contribution in [2.75, 3.05) is 11.5 Å². The van der Waals surface area contributed by atoms with Crippen molar-refractivity contribution < 1.29 is 9.00 Å². The summed E-state index contributed by atoms with van der Waals surface area (Å²) in [7, 11) is -0.958. The van der Waals surface area contributed by atoms with Gasteiger partial charge in [-0.25, -0.2) is 0 Å². The van der Waals surface area contributed by atoms with Crippen molar-refractivity contribution in [2.45, 2.75) is 57.5 Å². The minimum atomic E-state index is -0.958. The summed E-state index contributed by atoms with van der Waals surface area (Å²) < 4.78 is 11.4. The fraction of sp³-hybridized carbons (Fsp3) is 0.917. The maximum atomic E-state index is 12.1. The van der Waals surface area contributed by atoms with Gasteiger partial charge < -0.3 is 4.90 Å². The smallest absolute Gasteiger partial charge is 0.235 e. The summed E-state index contributed by atoms with van der Waals surface area (Å²) in [6, 6.07) is 0.929. The lowest BCUT2D eigenvalue weighted by molar-refractivity contribution is -0.131. The van der Waals surface area contributed by atoms with Crippen molar-refractivity contribution in [1.82, 2.24) is 4.90 Å². The summed E-state index contributed by atoms with van der Waals surface area (Å²) in [4.78, 5) is 14.2. The van der Waals surface area contributed by atoms with Crippen molar-refractivity contribution in [3.8, 4) is 0 Å². The van der Waals surface area contributed by atoms with Crippen LogP contribution in [0.5, 0.6) is 0 Å². The van der Waals surface area contributed by atoms with Gasteiger partial charge in [0, 0.05) is 28.6 Å². The van der Waals surface area contributed by atoms with Gasteiger partial charge in [-0.1, -0.05) is 19.8 Å². The summed E-state index contributed by atoms with van der Waals surface area (Å²) in [6.45, 7) is 1.88. The molecule has 2 aliphatic carbocycles. The summed E-state index contributed by atoms with van der Waals surface area (Å²) >= 11 is 0. The summed E-state index contributed by atoms with van der Waals surface area (Å²) in [6.07, 6.45) is 7.11. The number of amides is 1. The van der Waals surface area contributed by atoms with Crippen LogP contribution in [0.4, 0.5) is 0 Å². The molecule has 2 aliphatic rings. The molecule has 0 aromatic carbocycles. The summed E-state index contributed by atoms with van der Waals surface area (Å²) in [5, 5.41) is 0. The lowest BCUT2D eigenvalue weighted by Gasteiger charge is -2.29. The minimum absolute atomic E-state index is 0.134. The molecule has 0 aromatic heterocycles. The topological polar surface area (TPSA) is 37.4 Å². The van der Waals surface area contributed by atoms with E-state index in [4.69, 9.17) is 0 Å². The van der Waals surface area contributed by atoms with E-state index in [-0.39, 0.29) is 11.7 Å². The van der Waals surface area contributed by atoms with Crippen molar-refractivity contribution in [3.63, 3.8) is 0 Å². The van der Waals surface area contributed by atoms with E-state index in [1.807, 2.05) is 6.92 Å². The highest BCUT2D eigenvalue weighted by atomic mass is 32.2. The molecule has 0 saturated heterocycles. The molecule has 2 fully saturated rings. The average molecular weight is 243 g/mol. The Hall–Kier alpha value is -0.380. The molecule has 16 heavy (non-hydrogen) atoms. The van der Waals surface area contributed by atoms with Gasteiger partial charge in [0.1, 0.15) is 5.75 Å². The Balaban J connectivity index is 1.95. The molecule has 1 amide bonds. The quantitative estimate of drug-likeness (QED) is 0.737. The predicted octanol–water partition coefficient (Wildman–Crippen LogP) is 1.69. The van der Waals surface area contributed by atoms with Gasteiger partial charge in [-0.3, -0.25) is 9.00 Å². The van der Waals surface area contributed by atoms with E-state index in [0.717, 1.165) is 25.7 Å². The van der Waals surface area contributed by atoms with Crippen LogP contribution in [0, 0.1) is 0 Å². The third-order valence-electron chi connectivity index (χ3n) is 3.55. The summed E-state index contributed by atoms with van der Waals surface area (Å²) in [5.74, 6) is 0.966. The molecule has 0 aliphatic heterocycles. The van der Waals surface area contributed by atoms with E-state index in [1.165, 1.54) is 12.8 Å². The van der Waals surface area contributed by atoms with E-state index in [1.54, 1.807) is 0 Å². The molecule has 0 unspecified atom stereocenters. The first-order chi connectivity index (χ1) is 7.72. The van der Waals surface area contributed by atoms with E-state index in [9.17, 15) is 9.00 Å². The molecular weight excluding hydrogens is 222 g/mol. The predicted molar refractivity (Wildman–Crippen MR) is 65.7 cm³/mol. The fourth-order valence-corrected chi connectivity index (χ4v) is 3.18. The first-order valence-electron chi connectivity index (χ1n) is 6.38. The molecule has 0 aromatic rings. The van der Waals surface area contributed by atoms with E-state index in [0.29, 0.717) is 17.8 Å². The fourth-order valence-electron chi connectivity index (χ4n) is 2.55. The molecule has 2 saturated carbocycles. The maximum absolute atomic E-state index is 12.1. The lowest BCUT2D eigenvalue weighted by atomic mass is 10.2. The second-order valence-corrected chi connectivity index (χ2v) is 6.59. The van der Waals surface area contributed by atoms with Crippen LogP contribution in [-0.2, 0) is 15.6 Å². The molecule has 3 nitrogen and oxygen atoms in total. The van der Waals surface area contributed by atoms with Gasteiger partial charge in [-0.05, 0) is 25.7 Å². The number of carbonyl (C=O) groups is 1. The van der Waals surface area contributed by atoms with E-state index in [2.05, 4.69) is 4.90 Å². The molecule has 0 spiro atoms. The molecule has 92 valence electrons. The number of hydrogen-bond acceptors (Lipinski definition) is 2. The lowest BCUT2D eigenvalue weighted by Crippen LogP contribution is -2.43. The number of hydrogen-bond donors (Lipinski definition) is 0. The average Bonchev–Trinajstić information content (AvgIpc) is 2.93. The van der Waals surface area contributed by atoms with Crippen molar-refractivity contribution in [1.29, 1.82) is 0 Å². The Kier molecular flexibility index (Phi) is 4.00. The second kappa shape index (κ2) is 5.30. The van der Waals surface area contributed by atoms with E-state index < -0.39 is 10.8 Å². The zero-order chi connectivity index (χ0) is 11.5. The van der Waals surface area contributed by atoms with Gasteiger partial charge in [0.15, 0.2) is 0 Å². The van der Waals surface area contributed by atoms with Crippen molar-refractivity contribution in [2.24, 2.45) is 0 Å². The van der Waals surface area contributed by atoms with Gasteiger partial charge in [0.2, 0.25) is 5.91 Å². The molecule has 1 atom stereocenters. The number of rotatable bonds is 5. The zero-order valence-electron chi connectivity index (χ0n) is 9.98. The normalized spacial score (nSPS) is 23.3. The highest BCUT2D eigenvalue weighted by molar-refractivity contribution is 7.85. The van der Waals surface area contributed by atoms with Crippen LogP contribution in [0.15, 0.2) is 0 Å². The van der Waals surface area contributed by atoms with Gasteiger partial charge >= 0.3 is 0 Å². The molecule has 4 heteroatoms. The van der Waals surface area contributed by atoms with Crippen LogP contribution in [-0.4, -0.2) is 38.6 Å². The molecule has 0 bridgehead atoms. The van der Waals surface area contributed by atoms with Crippen LogP contribution >= 0.6 is 0 Å². The molecular formula is C12H21NO2S. The highest BCUT2D eigenvalue weighted by Gasteiger charge is 2.38. The van der Waals surface area contributed by atoms with Crippen LogP contribution in [0.1, 0.15) is 45.4 Å². The van der Waals surface area contributed by atoms with Crippen LogP contribution in [0.3, 0.4) is 0 Å². The zero-order valence-corrected chi connectivity index (χ0v) is 10.8. The minimum Gasteiger partial charge on any atom is -0.336 e. The van der Waals surface area contributed by atoms with Crippen LogP contribution < -0.4 is 0 Å². The molecule has 0 radical (unpaired) electrons. The first kappa shape index (κ1) is 12.1. The van der Waals surface area contributed by atoms with Gasteiger partial charge in [-0.15, -0.1) is 0 Å². The van der Waals surface area contributed by atoms with E-state index >= 15 is 0 Å². The van der Waals surface area contributed by atoms with Crippen LogP contribution in [0.2, 0.25) is 0 Å². The Morgan fingerprint density at radius 1 is 1.19 bits per heavy atom. The number of nitrogens with zero attached hydrogens (tertiary/aromatic N) is 1.